The molecule has 3 aromatic rings. The minimum Gasteiger partial charge on any atom is -0.366 e. The predicted octanol–water partition coefficient (Wildman–Crippen LogP) is 1.71. The molecule has 3 heterocycles. The van der Waals surface area contributed by atoms with Crippen molar-refractivity contribution >= 4 is 43.9 Å². The molecule has 1 saturated carbocycles. The van der Waals surface area contributed by atoms with Gasteiger partial charge in [0.2, 0.25) is 15.9 Å². The van der Waals surface area contributed by atoms with E-state index in [1.165, 1.54) is 12.1 Å². The molecule has 1 atom stereocenters. The predicted molar refractivity (Wildman–Crippen MR) is 136 cm³/mol. The maximum absolute atomic E-state index is 13.4. The van der Waals surface area contributed by atoms with E-state index in [9.17, 15) is 22.0 Å². The number of piperazine rings is 1. The summed E-state index contributed by atoms with van der Waals surface area (Å²) in [7, 11) is -2.44. The summed E-state index contributed by atoms with van der Waals surface area (Å²) in [5.41, 5.74) is 5.95. The van der Waals surface area contributed by atoms with Gasteiger partial charge in [0.05, 0.1) is 35.0 Å². The Morgan fingerprint density at radius 3 is 2.47 bits per heavy atom. The van der Waals surface area contributed by atoms with Crippen LogP contribution >= 0.6 is 11.3 Å². The Bertz CT molecular complexity index is 1550. The number of hydrogen-bond donors (Lipinski definition) is 2. The molecule has 1 aromatic carbocycles. The van der Waals surface area contributed by atoms with E-state index in [0.29, 0.717) is 66.9 Å². The van der Waals surface area contributed by atoms with E-state index in [0.717, 1.165) is 0 Å². The number of nitrogens with two attached hydrogens (primary N) is 1. The van der Waals surface area contributed by atoms with Gasteiger partial charge in [0.1, 0.15) is 5.69 Å². The zero-order chi connectivity index (χ0) is 27.4. The molecular weight excluding hydrogens is 540 g/mol. The maximum Gasteiger partial charge on any atom is 0.299 e. The number of carbonyl (C=O) groups is 1. The van der Waals surface area contributed by atoms with Crippen LogP contribution in [-0.2, 0) is 21.9 Å². The number of aromatic nitrogens is 4. The normalized spacial score (nSPS) is 18.1. The first-order valence-electron chi connectivity index (χ1n) is 11.8. The Morgan fingerprint density at radius 1 is 1.24 bits per heavy atom. The lowest BCUT2D eigenvalue weighted by atomic mass is 10.1. The molecule has 0 unspecified atom stereocenters. The van der Waals surface area contributed by atoms with Crippen molar-refractivity contribution in [2.45, 2.75) is 42.8 Å². The summed E-state index contributed by atoms with van der Waals surface area (Å²) in [5, 5.41) is 12.0. The first-order valence-corrected chi connectivity index (χ1v) is 14.1. The lowest BCUT2D eigenvalue weighted by Gasteiger charge is -2.37. The number of hydrogen-bond acceptors (Lipinski definition) is 9. The standard InChI is InChI=1S/C22H25F2N9O3S2/c1-12(25)21(34)33-8-6-32(7-9-33)15-11-13(38(35,36)30-22(26-2)4-5-22)10-14-16(29-31(3)17(14)15)19-27-28-20(37-19)18(23)24/h10-12,18,30H,4-9,25H2,1,3H3/t12-/m1/s1. The lowest BCUT2D eigenvalue weighted by molar-refractivity contribution is -0.132. The third-order valence-corrected chi connectivity index (χ3v) is 9.06. The van der Waals surface area contributed by atoms with Gasteiger partial charge in [-0.2, -0.15) is 5.10 Å². The molecule has 3 N–H and O–H groups in total. The van der Waals surface area contributed by atoms with E-state index in [1.807, 2.05) is 4.90 Å². The zero-order valence-corrected chi connectivity index (χ0v) is 22.2. The molecule has 38 heavy (non-hydrogen) atoms. The number of halogens is 2. The van der Waals surface area contributed by atoms with Crippen LogP contribution < -0.4 is 15.4 Å². The van der Waals surface area contributed by atoms with E-state index in [1.54, 1.807) is 23.6 Å². The minimum atomic E-state index is -4.11. The van der Waals surface area contributed by atoms with Crippen molar-refractivity contribution in [3.63, 3.8) is 0 Å². The Hall–Kier alpha value is -3.26. The SMILES string of the molecule is [C-]#[N+]C1(NS(=O)(=O)c2cc(N3CCN(C(=O)[C@@H](C)N)CC3)c3c(c2)c(-c2nnc(C(F)F)s2)nn3C)CC1. The molecule has 1 saturated heterocycles. The Labute approximate surface area is 221 Å². The highest BCUT2D eigenvalue weighted by atomic mass is 32.2. The number of anilines is 1. The lowest BCUT2D eigenvalue weighted by Crippen LogP contribution is -2.52. The number of fused-ring (bicyclic) bond motifs is 1. The molecule has 1 aliphatic heterocycles. The fraction of sp³-hybridized carbons (Fsp3) is 0.500. The number of benzene rings is 1. The summed E-state index contributed by atoms with van der Waals surface area (Å²) in [6.45, 7) is 10.6. The molecule has 16 heteroatoms. The number of alkyl halides is 2. The van der Waals surface area contributed by atoms with E-state index in [4.69, 9.17) is 12.3 Å². The van der Waals surface area contributed by atoms with E-state index in [-0.39, 0.29) is 21.5 Å². The van der Waals surface area contributed by atoms with Gasteiger partial charge in [0.15, 0.2) is 10.0 Å². The molecular formula is C22H25F2N9O3S2. The van der Waals surface area contributed by atoms with Gasteiger partial charge in [0.25, 0.3) is 12.1 Å². The second-order valence-corrected chi connectivity index (χ2v) is 12.1. The first kappa shape index (κ1) is 26.4. The van der Waals surface area contributed by atoms with Crippen molar-refractivity contribution in [1.82, 2.24) is 29.6 Å². The van der Waals surface area contributed by atoms with Gasteiger partial charge in [-0.1, -0.05) is 11.3 Å². The highest BCUT2D eigenvalue weighted by Gasteiger charge is 2.54. The number of nitrogens with one attached hydrogen (secondary N) is 1. The largest absolute Gasteiger partial charge is 0.366 e. The average Bonchev–Trinajstić information content (AvgIpc) is 3.31. The third kappa shape index (κ3) is 4.70. The first-order chi connectivity index (χ1) is 17.9. The molecule has 1 amide bonds. The van der Waals surface area contributed by atoms with Gasteiger partial charge in [-0.15, -0.1) is 14.9 Å². The van der Waals surface area contributed by atoms with E-state index < -0.39 is 33.2 Å². The molecule has 202 valence electrons. The van der Waals surface area contributed by atoms with Crippen LogP contribution in [0.2, 0.25) is 0 Å². The van der Waals surface area contributed by atoms with E-state index >= 15 is 0 Å². The second kappa shape index (κ2) is 9.49. The van der Waals surface area contributed by atoms with Gasteiger partial charge in [-0.3, -0.25) is 14.3 Å². The second-order valence-electron chi connectivity index (χ2n) is 9.41. The van der Waals surface area contributed by atoms with Crippen LogP contribution in [0, 0.1) is 6.57 Å². The third-order valence-electron chi connectivity index (χ3n) is 6.62. The maximum atomic E-state index is 13.4. The van der Waals surface area contributed by atoms with Crippen LogP contribution in [0.4, 0.5) is 14.5 Å². The van der Waals surface area contributed by atoms with Crippen LogP contribution in [0.3, 0.4) is 0 Å². The fourth-order valence-electron chi connectivity index (χ4n) is 4.46. The van der Waals surface area contributed by atoms with Crippen LogP contribution in [0.5, 0.6) is 0 Å². The van der Waals surface area contributed by atoms with Crippen LogP contribution in [-0.4, -0.2) is 77.1 Å². The number of sulfonamides is 1. The van der Waals surface area contributed by atoms with Gasteiger partial charge in [-0.05, 0) is 19.1 Å². The molecule has 0 bridgehead atoms. The van der Waals surface area contributed by atoms with Crippen LogP contribution in [0.1, 0.15) is 31.2 Å². The number of nitrogens with zero attached hydrogens (tertiary/aromatic N) is 7. The summed E-state index contributed by atoms with van der Waals surface area (Å²) in [5.74, 6) is -0.168. The molecule has 5 rings (SSSR count). The van der Waals surface area contributed by atoms with E-state index in [2.05, 4.69) is 24.9 Å². The summed E-state index contributed by atoms with van der Waals surface area (Å²) in [6, 6.07) is 2.31. The Morgan fingerprint density at radius 2 is 1.92 bits per heavy atom. The summed E-state index contributed by atoms with van der Waals surface area (Å²) >= 11 is 0.684. The number of amides is 1. The van der Waals surface area contributed by atoms with Gasteiger partial charge in [0, 0.05) is 38.6 Å². The molecule has 2 aromatic heterocycles. The summed E-state index contributed by atoms with van der Waals surface area (Å²) < 4.78 is 57.3. The van der Waals surface area contributed by atoms with Gasteiger partial charge >= 0.3 is 0 Å². The quantitative estimate of drug-likeness (QED) is 0.412. The molecule has 1 aliphatic carbocycles. The Kier molecular flexibility index (Phi) is 6.58. The highest BCUT2D eigenvalue weighted by Crippen LogP contribution is 2.41. The fourth-order valence-corrected chi connectivity index (χ4v) is 6.57. The van der Waals surface area contributed by atoms with Gasteiger partial charge < -0.3 is 15.5 Å². The van der Waals surface area contributed by atoms with Crippen molar-refractivity contribution in [1.29, 1.82) is 0 Å². The van der Waals surface area contributed by atoms with Gasteiger partial charge in [-0.25, -0.2) is 23.8 Å². The molecule has 12 nitrogen and oxygen atoms in total. The van der Waals surface area contributed by atoms with Crippen molar-refractivity contribution < 1.29 is 22.0 Å². The van der Waals surface area contributed by atoms with Crippen LogP contribution in [0.15, 0.2) is 17.0 Å². The van der Waals surface area contributed by atoms with Crippen LogP contribution in [0.25, 0.3) is 26.4 Å². The zero-order valence-electron chi connectivity index (χ0n) is 20.6. The Balaban J connectivity index is 1.62. The topological polar surface area (TPSA) is 144 Å². The van der Waals surface area contributed by atoms with Crippen molar-refractivity contribution in [2.75, 3.05) is 31.1 Å². The molecule has 2 fully saturated rings. The van der Waals surface area contributed by atoms with Crippen molar-refractivity contribution in [3.05, 3.63) is 28.6 Å². The molecule has 0 radical (unpaired) electrons. The highest BCUT2D eigenvalue weighted by molar-refractivity contribution is 7.89. The number of rotatable bonds is 7. The molecule has 0 spiro atoms. The number of aryl methyl sites for hydroxylation is 1. The summed E-state index contributed by atoms with van der Waals surface area (Å²) in [4.78, 5) is 19.3. The monoisotopic (exact) mass is 565 g/mol. The average molecular weight is 566 g/mol. The number of carbonyl (C=O) groups excluding carboxylic acids is 1. The minimum absolute atomic E-state index is 0.0862. The molecule has 2 aliphatic rings. The smallest absolute Gasteiger partial charge is 0.299 e. The van der Waals surface area contributed by atoms with Crippen molar-refractivity contribution in [2.24, 2.45) is 12.8 Å². The summed E-state index contributed by atoms with van der Waals surface area (Å²) in [6.07, 6.45) is -1.97. The van der Waals surface area contributed by atoms with Crippen molar-refractivity contribution in [3.8, 4) is 10.7 Å².